The zero-order valence-corrected chi connectivity index (χ0v) is 19.0. The van der Waals surface area contributed by atoms with Crippen LogP contribution in [0.15, 0.2) is 18.2 Å². The first kappa shape index (κ1) is 23.0. The highest BCUT2D eigenvalue weighted by atomic mass is 16.7. The number of esters is 1. The molecule has 0 radical (unpaired) electrons. The van der Waals surface area contributed by atoms with Gasteiger partial charge in [-0.3, -0.25) is 4.79 Å². The Hall–Kier alpha value is -3.15. The van der Waals surface area contributed by atoms with Crippen molar-refractivity contribution in [1.29, 1.82) is 5.26 Å². The van der Waals surface area contributed by atoms with Gasteiger partial charge in [-0.25, -0.2) is 14.8 Å². The number of fused-ring (bicyclic) bond motifs is 3. The van der Waals surface area contributed by atoms with Crippen LogP contribution in [0.25, 0.3) is 0 Å². The van der Waals surface area contributed by atoms with Gasteiger partial charge < -0.3 is 14.2 Å². The van der Waals surface area contributed by atoms with Crippen molar-refractivity contribution < 1.29 is 23.8 Å². The van der Waals surface area contributed by atoms with Gasteiger partial charge in [0.1, 0.15) is 23.2 Å². The van der Waals surface area contributed by atoms with Crippen LogP contribution in [-0.4, -0.2) is 42.0 Å². The van der Waals surface area contributed by atoms with Crippen LogP contribution in [-0.2, 0) is 32.8 Å². The lowest BCUT2D eigenvalue weighted by Gasteiger charge is -2.32. The van der Waals surface area contributed by atoms with E-state index in [-0.39, 0.29) is 5.78 Å². The van der Waals surface area contributed by atoms with Crippen molar-refractivity contribution in [2.45, 2.75) is 57.7 Å². The standard InChI is InChI=1S/C13H15NO3.C12H12N2O2/c1-8-10(13(16)17-2)7-9-5-3-4-6-11(15)12(9)14-8;13-8-10-4-3-9-2-1-5-12(11(9)14-10)15-6-7-16-12/h7H,3-6H2,1-2H3;3-4H,1-2,5-7H2. The highest BCUT2D eigenvalue weighted by Crippen LogP contribution is 2.40. The van der Waals surface area contributed by atoms with Crippen molar-refractivity contribution in [2.24, 2.45) is 0 Å². The van der Waals surface area contributed by atoms with Crippen LogP contribution in [0, 0.1) is 18.3 Å². The summed E-state index contributed by atoms with van der Waals surface area (Å²) in [6, 6.07) is 7.54. The van der Waals surface area contributed by atoms with E-state index in [1.807, 2.05) is 6.07 Å². The number of methoxy groups -OCH3 is 1. The monoisotopic (exact) mass is 449 g/mol. The fourth-order valence-corrected chi connectivity index (χ4v) is 4.56. The summed E-state index contributed by atoms with van der Waals surface area (Å²) in [5, 5.41) is 8.88. The summed E-state index contributed by atoms with van der Waals surface area (Å²) >= 11 is 0. The van der Waals surface area contributed by atoms with Crippen LogP contribution < -0.4 is 0 Å². The quantitative estimate of drug-likeness (QED) is 0.480. The van der Waals surface area contributed by atoms with Crippen LogP contribution in [0.2, 0.25) is 0 Å². The van der Waals surface area contributed by atoms with Gasteiger partial charge in [0.2, 0.25) is 5.79 Å². The highest BCUT2D eigenvalue weighted by molar-refractivity contribution is 5.98. The second kappa shape index (κ2) is 9.77. The number of aromatic nitrogens is 2. The number of Topliss-reactive ketones (excluding diaryl/α,β-unsaturated/α-hetero) is 1. The molecule has 0 amide bonds. The largest absolute Gasteiger partial charge is 0.465 e. The van der Waals surface area contributed by atoms with Crippen molar-refractivity contribution in [3.63, 3.8) is 0 Å². The SMILES string of the molecule is COC(=O)c1cc2c(nc1C)C(=O)CCCC2.N#Cc1ccc2c(n1)C1(CCC2)OCCO1. The molecule has 2 aromatic rings. The maximum absolute atomic E-state index is 11.8. The fourth-order valence-electron chi connectivity index (χ4n) is 4.56. The summed E-state index contributed by atoms with van der Waals surface area (Å²) in [6.45, 7) is 2.94. The first-order chi connectivity index (χ1) is 16.0. The number of carbonyl (C=O) groups excluding carboxylic acids is 2. The fraction of sp³-hybridized carbons (Fsp3) is 0.480. The molecule has 3 aliphatic rings. The Labute approximate surface area is 192 Å². The van der Waals surface area contributed by atoms with E-state index in [0.29, 0.717) is 42.3 Å². The minimum atomic E-state index is -0.666. The molecular formula is C25H27N3O5. The molecule has 1 aliphatic heterocycles. The summed E-state index contributed by atoms with van der Waals surface area (Å²) in [7, 11) is 1.35. The number of ether oxygens (including phenoxy) is 3. The predicted molar refractivity (Wildman–Crippen MR) is 118 cm³/mol. The molecule has 0 atom stereocenters. The number of ketones is 1. The third-order valence-corrected chi connectivity index (χ3v) is 6.22. The van der Waals surface area contributed by atoms with Crippen molar-refractivity contribution in [3.8, 4) is 6.07 Å². The van der Waals surface area contributed by atoms with Gasteiger partial charge in [-0.05, 0) is 62.3 Å². The molecule has 0 saturated carbocycles. The van der Waals surface area contributed by atoms with Crippen LogP contribution in [0.3, 0.4) is 0 Å². The van der Waals surface area contributed by atoms with Crippen molar-refractivity contribution in [2.75, 3.05) is 20.3 Å². The van der Waals surface area contributed by atoms with Gasteiger partial charge in [0, 0.05) is 12.8 Å². The van der Waals surface area contributed by atoms with Gasteiger partial charge in [-0.1, -0.05) is 6.07 Å². The van der Waals surface area contributed by atoms with E-state index in [1.54, 1.807) is 19.1 Å². The Bertz CT molecular complexity index is 1120. The summed E-state index contributed by atoms with van der Waals surface area (Å²) < 4.78 is 16.1. The second-order valence-corrected chi connectivity index (χ2v) is 8.37. The number of hydrogen-bond donors (Lipinski definition) is 0. The Kier molecular flexibility index (Phi) is 6.82. The molecule has 8 nitrogen and oxygen atoms in total. The molecule has 172 valence electrons. The van der Waals surface area contributed by atoms with Gasteiger partial charge in [-0.15, -0.1) is 0 Å². The first-order valence-electron chi connectivity index (χ1n) is 11.3. The van der Waals surface area contributed by atoms with E-state index >= 15 is 0 Å². The number of carbonyl (C=O) groups is 2. The van der Waals surface area contributed by atoms with Gasteiger partial charge >= 0.3 is 5.97 Å². The molecule has 2 aliphatic carbocycles. The lowest BCUT2D eigenvalue weighted by molar-refractivity contribution is -0.178. The van der Waals surface area contributed by atoms with E-state index < -0.39 is 11.8 Å². The molecule has 33 heavy (non-hydrogen) atoms. The molecule has 1 saturated heterocycles. The molecule has 0 N–H and O–H groups in total. The predicted octanol–water partition coefficient (Wildman–Crippen LogP) is 3.57. The van der Waals surface area contributed by atoms with E-state index in [1.165, 1.54) is 7.11 Å². The zero-order chi connectivity index (χ0) is 23.4. The maximum atomic E-state index is 11.8. The molecule has 0 aromatic carbocycles. The third kappa shape index (κ3) is 4.65. The molecule has 8 heteroatoms. The number of rotatable bonds is 1. The van der Waals surface area contributed by atoms with Gasteiger partial charge in [0.05, 0.1) is 31.6 Å². The number of pyridine rings is 2. The molecule has 5 rings (SSSR count). The van der Waals surface area contributed by atoms with E-state index in [2.05, 4.69) is 16.0 Å². The Morgan fingerprint density at radius 3 is 2.55 bits per heavy atom. The summed E-state index contributed by atoms with van der Waals surface area (Å²) in [5.41, 5.74) is 4.82. The number of hydrogen-bond acceptors (Lipinski definition) is 8. The average Bonchev–Trinajstić information content (AvgIpc) is 3.23. The Balaban J connectivity index is 0.000000157. The Morgan fingerprint density at radius 1 is 1.09 bits per heavy atom. The lowest BCUT2D eigenvalue weighted by Crippen LogP contribution is -2.33. The normalized spacial score (nSPS) is 18.3. The number of aryl methyl sites for hydroxylation is 3. The first-order valence-corrected chi connectivity index (χ1v) is 11.3. The number of nitriles is 1. The summed E-state index contributed by atoms with van der Waals surface area (Å²) in [4.78, 5) is 32.0. The highest BCUT2D eigenvalue weighted by Gasteiger charge is 2.43. The topological polar surface area (TPSA) is 111 Å². The lowest BCUT2D eigenvalue weighted by atomic mass is 9.90. The summed E-state index contributed by atoms with van der Waals surface area (Å²) in [5.74, 6) is -0.980. The van der Waals surface area contributed by atoms with Crippen molar-refractivity contribution in [3.05, 3.63) is 57.7 Å². The van der Waals surface area contributed by atoms with Crippen molar-refractivity contribution >= 4 is 11.8 Å². The van der Waals surface area contributed by atoms with E-state index in [4.69, 9.17) is 19.5 Å². The minimum absolute atomic E-state index is 0.0806. The molecule has 3 heterocycles. The van der Waals surface area contributed by atoms with Crippen molar-refractivity contribution in [1.82, 2.24) is 9.97 Å². The van der Waals surface area contributed by atoms with Gasteiger partial charge in [-0.2, -0.15) is 5.26 Å². The molecular weight excluding hydrogens is 422 g/mol. The molecule has 1 fully saturated rings. The van der Waals surface area contributed by atoms with Gasteiger partial charge in [0.25, 0.3) is 0 Å². The molecule has 2 aromatic heterocycles. The minimum Gasteiger partial charge on any atom is -0.465 e. The smallest absolute Gasteiger partial charge is 0.339 e. The van der Waals surface area contributed by atoms with Crippen LogP contribution >= 0.6 is 0 Å². The summed E-state index contributed by atoms with van der Waals surface area (Å²) in [6.07, 6.45) is 6.08. The van der Waals surface area contributed by atoms with Crippen LogP contribution in [0.1, 0.15) is 81.2 Å². The zero-order valence-electron chi connectivity index (χ0n) is 19.0. The maximum Gasteiger partial charge on any atom is 0.339 e. The second-order valence-electron chi connectivity index (χ2n) is 8.37. The Morgan fingerprint density at radius 2 is 1.82 bits per heavy atom. The van der Waals surface area contributed by atoms with Crippen LogP contribution in [0.5, 0.6) is 0 Å². The van der Waals surface area contributed by atoms with Crippen LogP contribution in [0.4, 0.5) is 0 Å². The number of nitrogens with zero attached hydrogens (tertiary/aromatic N) is 3. The van der Waals surface area contributed by atoms with E-state index in [0.717, 1.165) is 55.3 Å². The van der Waals surface area contributed by atoms with Gasteiger partial charge in [0.15, 0.2) is 5.78 Å². The average molecular weight is 450 g/mol. The molecule has 1 spiro atoms. The third-order valence-electron chi connectivity index (χ3n) is 6.22. The van der Waals surface area contributed by atoms with E-state index in [9.17, 15) is 9.59 Å². The molecule has 0 unspecified atom stereocenters. The molecule has 0 bridgehead atoms.